The molecule has 0 radical (unpaired) electrons. The second-order valence-electron chi connectivity index (χ2n) is 5.47. The van der Waals surface area contributed by atoms with Gasteiger partial charge in [-0.1, -0.05) is 36.4 Å². The maximum atomic E-state index is 12.5. The van der Waals surface area contributed by atoms with E-state index in [0.717, 1.165) is 4.90 Å². The van der Waals surface area contributed by atoms with E-state index in [1.165, 1.54) is 6.07 Å². The van der Waals surface area contributed by atoms with Crippen molar-refractivity contribution >= 4 is 40.7 Å². The van der Waals surface area contributed by atoms with Gasteiger partial charge in [-0.2, -0.15) is 8.78 Å². The van der Waals surface area contributed by atoms with Gasteiger partial charge in [0.05, 0.1) is 17.3 Å². The van der Waals surface area contributed by atoms with E-state index in [1.54, 1.807) is 18.2 Å². The molecule has 5 nitrogen and oxygen atoms in total. The molecule has 2 rings (SSSR count). The summed E-state index contributed by atoms with van der Waals surface area (Å²) in [5.41, 5.74) is 0.558. The smallest absolute Gasteiger partial charge is 0.387 e. The van der Waals surface area contributed by atoms with Crippen LogP contribution in [0, 0.1) is 0 Å². The Morgan fingerprint density at radius 3 is 2.46 bits per heavy atom. The number of nitrogens with zero attached hydrogens (tertiary/aromatic N) is 1. The van der Waals surface area contributed by atoms with Gasteiger partial charge in [0, 0.05) is 29.3 Å². The average Bonchev–Trinajstić information content (AvgIpc) is 2.67. The summed E-state index contributed by atoms with van der Waals surface area (Å²) in [6.07, 6.45) is 0. The predicted molar refractivity (Wildman–Crippen MR) is 119 cm³/mol. The van der Waals surface area contributed by atoms with E-state index in [-0.39, 0.29) is 36.3 Å². The fourth-order valence-corrected chi connectivity index (χ4v) is 3.29. The molecule has 154 valence electrons. The number of hydrogen-bond acceptors (Lipinski definition) is 3. The molecule has 0 aliphatic carbocycles. The molecule has 0 spiro atoms. The van der Waals surface area contributed by atoms with Gasteiger partial charge in [-0.05, 0) is 25.1 Å². The van der Waals surface area contributed by atoms with Crippen LogP contribution >= 0.6 is 24.0 Å². The van der Waals surface area contributed by atoms with Crippen molar-refractivity contribution in [3.63, 3.8) is 0 Å². The zero-order valence-corrected chi connectivity index (χ0v) is 18.6. The van der Waals surface area contributed by atoms with E-state index in [2.05, 4.69) is 20.4 Å². The third-order valence-corrected chi connectivity index (χ3v) is 4.90. The first-order valence-electron chi connectivity index (χ1n) is 8.58. The summed E-state index contributed by atoms with van der Waals surface area (Å²) >= 11 is 0. The molecule has 2 aromatic carbocycles. The molecule has 0 heterocycles. The van der Waals surface area contributed by atoms with Gasteiger partial charge < -0.3 is 15.4 Å². The maximum Gasteiger partial charge on any atom is 0.387 e. The maximum absolute atomic E-state index is 12.5. The van der Waals surface area contributed by atoms with E-state index < -0.39 is 17.4 Å². The molecule has 0 aliphatic rings. The van der Waals surface area contributed by atoms with Crippen molar-refractivity contribution in [2.24, 2.45) is 4.99 Å². The Kier molecular flexibility index (Phi) is 11.7. The lowest BCUT2D eigenvalue weighted by Gasteiger charge is -2.12. The first kappa shape index (κ1) is 24.3. The van der Waals surface area contributed by atoms with Gasteiger partial charge in [-0.3, -0.25) is 4.21 Å². The van der Waals surface area contributed by atoms with Crippen LogP contribution in [0.2, 0.25) is 0 Å². The van der Waals surface area contributed by atoms with Crippen LogP contribution in [-0.2, 0) is 17.3 Å². The van der Waals surface area contributed by atoms with Crippen LogP contribution in [0.25, 0.3) is 0 Å². The van der Waals surface area contributed by atoms with Crippen LogP contribution in [0.15, 0.2) is 64.5 Å². The molecule has 2 aromatic rings. The molecule has 28 heavy (non-hydrogen) atoms. The largest absolute Gasteiger partial charge is 0.434 e. The van der Waals surface area contributed by atoms with Crippen molar-refractivity contribution in [2.75, 3.05) is 18.8 Å². The number of rotatable bonds is 9. The minimum Gasteiger partial charge on any atom is -0.434 e. The molecule has 0 bridgehead atoms. The van der Waals surface area contributed by atoms with E-state index in [1.807, 2.05) is 37.3 Å². The Balaban J connectivity index is 0.00000392. The molecule has 0 fully saturated rings. The van der Waals surface area contributed by atoms with Crippen molar-refractivity contribution in [3.05, 3.63) is 60.2 Å². The molecule has 2 N–H and O–H groups in total. The molecule has 1 unspecified atom stereocenters. The molecule has 9 heteroatoms. The average molecular weight is 523 g/mol. The molecular formula is C19H24F2IN3O2S. The summed E-state index contributed by atoms with van der Waals surface area (Å²) in [5.74, 6) is 1.06. The summed E-state index contributed by atoms with van der Waals surface area (Å²) in [6, 6.07) is 15.8. The monoisotopic (exact) mass is 523 g/mol. The summed E-state index contributed by atoms with van der Waals surface area (Å²) in [5, 5.41) is 6.19. The van der Waals surface area contributed by atoms with Gasteiger partial charge in [-0.15, -0.1) is 24.0 Å². The van der Waals surface area contributed by atoms with Crippen molar-refractivity contribution in [1.82, 2.24) is 10.6 Å². The summed E-state index contributed by atoms with van der Waals surface area (Å²) in [4.78, 5) is 5.17. The van der Waals surface area contributed by atoms with Gasteiger partial charge in [-0.25, -0.2) is 4.99 Å². The highest BCUT2D eigenvalue weighted by Gasteiger charge is 2.09. The molecule has 0 saturated heterocycles. The van der Waals surface area contributed by atoms with E-state index >= 15 is 0 Å². The number of benzene rings is 2. The quantitative estimate of drug-likeness (QED) is 0.299. The third kappa shape index (κ3) is 8.51. The highest BCUT2D eigenvalue weighted by molar-refractivity contribution is 14.0. The highest BCUT2D eigenvalue weighted by atomic mass is 127. The van der Waals surface area contributed by atoms with Crippen molar-refractivity contribution in [1.29, 1.82) is 0 Å². The standard InChI is InChI=1S/C19H23F2N3O2S.HI/c1-2-22-19(23-12-13-27(25)16-9-4-3-5-10-16)24-14-15-8-6-7-11-17(15)26-18(20)21;/h3-11,18H,2,12-14H2,1H3,(H2,22,23,24);1H. The number of ether oxygens (including phenoxy) is 1. The zero-order chi connectivity index (χ0) is 19.5. The molecule has 1 atom stereocenters. The normalized spacial score (nSPS) is 12.2. The number of para-hydroxylation sites is 1. The van der Waals surface area contributed by atoms with Crippen molar-refractivity contribution in [2.45, 2.75) is 25.0 Å². The summed E-state index contributed by atoms with van der Waals surface area (Å²) in [7, 11) is -1.10. The zero-order valence-electron chi connectivity index (χ0n) is 15.4. The lowest BCUT2D eigenvalue weighted by atomic mass is 10.2. The van der Waals surface area contributed by atoms with Crippen LogP contribution in [0.4, 0.5) is 8.78 Å². The van der Waals surface area contributed by atoms with E-state index in [4.69, 9.17) is 0 Å². The number of nitrogens with one attached hydrogen (secondary N) is 2. The van der Waals surface area contributed by atoms with Gasteiger partial charge >= 0.3 is 6.61 Å². The Morgan fingerprint density at radius 2 is 1.79 bits per heavy atom. The van der Waals surface area contributed by atoms with Gasteiger partial charge in [0.1, 0.15) is 5.75 Å². The fourth-order valence-electron chi connectivity index (χ4n) is 2.30. The minimum atomic E-state index is -2.88. The van der Waals surface area contributed by atoms with E-state index in [9.17, 15) is 13.0 Å². The van der Waals surface area contributed by atoms with Crippen LogP contribution in [0.1, 0.15) is 12.5 Å². The first-order valence-corrected chi connectivity index (χ1v) is 9.90. The number of halogens is 3. The van der Waals surface area contributed by atoms with Gasteiger partial charge in [0.2, 0.25) is 0 Å². The molecule has 0 amide bonds. The fraction of sp³-hybridized carbons (Fsp3) is 0.316. The molecule has 0 saturated carbocycles. The topological polar surface area (TPSA) is 62.7 Å². The first-order chi connectivity index (χ1) is 13.1. The number of aliphatic imine (C=N–C) groups is 1. The minimum absolute atomic E-state index is 0. The van der Waals surface area contributed by atoms with Crippen LogP contribution in [0.5, 0.6) is 5.75 Å². The van der Waals surface area contributed by atoms with Gasteiger partial charge in [0.15, 0.2) is 5.96 Å². The van der Waals surface area contributed by atoms with Crippen molar-refractivity contribution < 1.29 is 17.7 Å². The van der Waals surface area contributed by atoms with Gasteiger partial charge in [0.25, 0.3) is 0 Å². The molecular weight excluding hydrogens is 499 g/mol. The van der Waals surface area contributed by atoms with E-state index in [0.29, 0.717) is 30.4 Å². The lowest BCUT2D eigenvalue weighted by Crippen LogP contribution is -2.39. The Bertz CT molecular complexity index is 764. The number of alkyl halides is 2. The summed E-state index contributed by atoms with van der Waals surface area (Å²) in [6.45, 7) is 0.327. The third-order valence-electron chi connectivity index (χ3n) is 3.53. The lowest BCUT2D eigenvalue weighted by molar-refractivity contribution is -0.0504. The predicted octanol–water partition coefficient (Wildman–Crippen LogP) is 3.77. The number of guanidine groups is 1. The van der Waals surface area contributed by atoms with Crippen LogP contribution < -0.4 is 15.4 Å². The SMILES string of the molecule is CCNC(=NCc1ccccc1OC(F)F)NCCS(=O)c1ccccc1.I. The Morgan fingerprint density at radius 1 is 1.11 bits per heavy atom. The van der Waals surface area contributed by atoms with Crippen LogP contribution in [-0.4, -0.2) is 35.6 Å². The molecule has 0 aromatic heterocycles. The second-order valence-corrected chi connectivity index (χ2v) is 7.04. The second kappa shape index (κ2) is 13.4. The Hall–Kier alpha value is -1.75. The highest BCUT2D eigenvalue weighted by Crippen LogP contribution is 2.20. The number of hydrogen-bond donors (Lipinski definition) is 2. The van der Waals surface area contributed by atoms with Crippen LogP contribution in [0.3, 0.4) is 0 Å². The Labute approximate surface area is 183 Å². The summed E-state index contributed by atoms with van der Waals surface area (Å²) < 4.78 is 41.7. The van der Waals surface area contributed by atoms with Crippen molar-refractivity contribution in [3.8, 4) is 5.75 Å². The molecule has 0 aliphatic heterocycles.